The monoisotopic (exact) mass is 270 g/mol. The van der Waals surface area contributed by atoms with Crippen LogP contribution in [0.5, 0.6) is 0 Å². The number of rotatable bonds is 2. The number of hydrazine groups is 1. The van der Waals surface area contributed by atoms with Crippen LogP contribution in [-0.4, -0.2) is 33.6 Å². The Labute approximate surface area is 117 Å². The van der Waals surface area contributed by atoms with Crippen LogP contribution in [-0.2, 0) is 0 Å². The van der Waals surface area contributed by atoms with Gasteiger partial charge in [0.25, 0.3) is 0 Å². The zero-order valence-corrected chi connectivity index (χ0v) is 11.2. The van der Waals surface area contributed by atoms with E-state index in [0.29, 0.717) is 17.7 Å². The molecule has 6 heteroatoms. The van der Waals surface area contributed by atoms with E-state index in [9.17, 15) is 0 Å². The van der Waals surface area contributed by atoms with Crippen molar-refractivity contribution in [3.8, 4) is 0 Å². The molecule has 1 aliphatic carbocycles. The van der Waals surface area contributed by atoms with Crippen molar-refractivity contribution in [2.75, 3.05) is 11.9 Å². The summed E-state index contributed by atoms with van der Waals surface area (Å²) in [5.74, 6) is 1.63. The van der Waals surface area contributed by atoms with Crippen molar-refractivity contribution in [2.24, 2.45) is 5.92 Å². The lowest BCUT2D eigenvalue weighted by Crippen LogP contribution is -2.39. The highest BCUT2D eigenvalue weighted by atomic mass is 15.4. The fourth-order valence-electron chi connectivity index (χ4n) is 3.28. The molecule has 1 aliphatic heterocycles. The molecular formula is C14H18N6. The normalized spacial score (nSPS) is 29.3. The summed E-state index contributed by atoms with van der Waals surface area (Å²) < 4.78 is 0. The maximum Gasteiger partial charge on any atom is 0.180 e. The maximum absolute atomic E-state index is 4.54. The summed E-state index contributed by atoms with van der Waals surface area (Å²) in [5.41, 5.74) is 8.16. The predicted octanol–water partition coefficient (Wildman–Crippen LogP) is 1.08. The molecule has 0 aromatic carbocycles. The first-order chi connectivity index (χ1) is 9.88. The first kappa shape index (κ1) is 12.0. The average molecular weight is 270 g/mol. The van der Waals surface area contributed by atoms with Gasteiger partial charge in [-0.25, -0.2) is 9.97 Å². The van der Waals surface area contributed by atoms with E-state index in [1.54, 1.807) is 12.4 Å². The van der Waals surface area contributed by atoms with Crippen LogP contribution in [0.1, 0.15) is 19.3 Å². The molecule has 104 valence electrons. The lowest BCUT2D eigenvalue weighted by molar-refractivity contribution is 0.314. The summed E-state index contributed by atoms with van der Waals surface area (Å²) in [5, 5.41) is 3.55. The van der Waals surface area contributed by atoms with Gasteiger partial charge in [-0.3, -0.25) is 15.8 Å². The standard InChI is InChI=1S/C14H18N6/c1-2-11-9(8-17-20-11)7-10(1)18-13-4-3-12-14(19-13)16-6-5-15-12/h3-6,9-11,17,20H,1-2,7-8H2,(H,16,18,19). The van der Waals surface area contributed by atoms with E-state index < -0.39 is 0 Å². The zero-order chi connectivity index (χ0) is 13.4. The Balaban J connectivity index is 1.49. The van der Waals surface area contributed by atoms with Gasteiger partial charge in [-0.2, -0.15) is 0 Å². The van der Waals surface area contributed by atoms with E-state index in [1.165, 1.54) is 19.3 Å². The van der Waals surface area contributed by atoms with Gasteiger partial charge in [-0.15, -0.1) is 0 Å². The summed E-state index contributed by atoms with van der Waals surface area (Å²) in [6.45, 7) is 1.07. The van der Waals surface area contributed by atoms with Crippen LogP contribution in [0.15, 0.2) is 24.5 Å². The third-order valence-corrected chi connectivity index (χ3v) is 4.32. The Morgan fingerprint density at radius 3 is 3.10 bits per heavy atom. The van der Waals surface area contributed by atoms with Crippen LogP contribution in [0.4, 0.5) is 5.82 Å². The second-order valence-corrected chi connectivity index (χ2v) is 5.64. The number of hydrogen-bond donors (Lipinski definition) is 3. The smallest absolute Gasteiger partial charge is 0.180 e. The van der Waals surface area contributed by atoms with E-state index >= 15 is 0 Å². The first-order valence-corrected chi connectivity index (χ1v) is 7.21. The van der Waals surface area contributed by atoms with Gasteiger partial charge in [-0.05, 0) is 37.3 Å². The summed E-state index contributed by atoms with van der Waals surface area (Å²) in [7, 11) is 0. The van der Waals surface area contributed by atoms with Gasteiger partial charge in [0.05, 0.1) is 0 Å². The number of anilines is 1. The molecule has 1 saturated carbocycles. The molecule has 6 nitrogen and oxygen atoms in total. The highest BCUT2D eigenvalue weighted by Gasteiger charge is 2.33. The first-order valence-electron chi connectivity index (χ1n) is 7.21. The lowest BCUT2D eigenvalue weighted by atomic mass is 9.83. The lowest BCUT2D eigenvalue weighted by Gasteiger charge is -2.31. The molecule has 0 amide bonds. The van der Waals surface area contributed by atoms with Crippen LogP contribution < -0.4 is 16.2 Å². The molecule has 1 saturated heterocycles. The van der Waals surface area contributed by atoms with Crippen LogP contribution in [0, 0.1) is 5.92 Å². The van der Waals surface area contributed by atoms with Crippen LogP contribution in [0.3, 0.4) is 0 Å². The predicted molar refractivity (Wildman–Crippen MR) is 77.0 cm³/mol. The van der Waals surface area contributed by atoms with Gasteiger partial charge in [0.15, 0.2) is 5.65 Å². The molecule has 20 heavy (non-hydrogen) atoms. The molecule has 2 aromatic heterocycles. The van der Waals surface area contributed by atoms with Gasteiger partial charge in [0, 0.05) is 31.0 Å². The average Bonchev–Trinajstić information content (AvgIpc) is 2.95. The molecule has 0 bridgehead atoms. The Morgan fingerprint density at radius 1 is 1.15 bits per heavy atom. The van der Waals surface area contributed by atoms with Crippen LogP contribution in [0.25, 0.3) is 11.2 Å². The van der Waals surface area contributed by atoms with Gasteiger partial charge in [0.1, 0.15) is 11.3 Å². The maximum atomic E-state index is 4.54. The zero-order valence-electron chi connectivity index (χ0n) is 11.2. The minimum Gasteiger partial charge on any atom is -0.367 e. The number of hydrogen-bond acceptors (Lipinski definition) is 6. The Bertz CT molecular complexity index is 615. The molecule has 2 fully saturated rings. The molecule has 3 heterocycles. The fourth-order valence-corrected chi connectivity index (χ4v) is 3.28. The SMILES string of the molecule is c1cnc2nc(NC3CCC4NNCC4C3)ccc2n1. The van der Waals surface area contributed by atoms with Gasteiger partial charge in [0.2, 0.25) is 0 Å². The highest BCUT2D eigenvalue weighted by Crippen LogP contribution is 2.28. The number of pyridine rings is 1. The summed E-state index contributed by atoms with van der Waals surface area (Å²) in [6, 6.07) is 5.11. The third-order valence-electron chi connectivity index (χ3n) is 4.32. The summed E-state index contributed by atoms with van der Waals surface area (Å²) >= 11 is 0. The molecule has 3 N–H and O–H groups in total. The van der Waals surface area contributed by atoms with Crippen molar-refractivity contribution >= 4 is 17.0 Å². The molecular weight excluding hydrogens is 252 g/mol. The van der Waals surface area contributed by atoms with Crippen LogP contribution >= 0.6 is 0 Å². The van der Waals surface area contributed by atoms with E-state index in [4.69, 9.17) is 0 Å². The minimum absolute atomic E-state index is 0.500. The molecule has 0 spiro atoms. The number of nitrogens with one attached hydrogen (secondary N) is 3. The third kappa shape index (κ3) is 2.21. The van der Waals surface area contributed by atoms with Crippen molar-refractivity contribution in [1.29, 1.82) is 0 Å². The number of fused-ring (bicyclic) bond motifs is 2. The molecule has 0 radical (unpaired) electrons. The fraction of sp³-hybridized carbons (Fsp3) is 0.500. The quantitative estimate of drug-likeness (QED) is 0.758. The largest absolute Gasteiger partial charge is 0.367 e. The van der Waals surface area contributed by atoms with E-state index in [-0.39, 0.29) is 0 Å². The Hall–Kier alpha value is -1.79. The van der Waals surface area contributed by atoms with Crippen molar-refractivity contribution in [2.45, 2.75) is 31.3 Å². The summed E-state index contributed by atoms with van der Waals surface area (Å²) in [6.07, 6.45) is 6.95. The molecule has 2 aliphatic rings. The van der Waals surface area contributed by atoms with Crippen molar-refractivity contribution in [1.82, 2.24) is 25.8 Å². The van der Waals surface area contributed by atoms with E-state index in [0.717, 1.165) is 23.8 Å². The Morgan fingerprint density at radius 2 is 2.10 bits per heavy atom. The molecule has 3 unspecified atom stereocenters. The van der Waals surface area contributed by atoms with Crippen molar-refractivity contribution in [3.05, 3.63) is 24.5 Å². The molecule has 2 aromatic rings. The van der Waals surface area contributed by atoms with Crippen LogP contribution in [0.2, 0.25) is 0 Å². The van der Waals surface area contributed by atoms with Gasteiger partial charge >= 0.3 is 0 Å². The van der Waals surface area contributed by atoms with Crippen molar-refractivity contribution < 1.29 is 0 Å². The van der Waals surface area contributed by atoms with Crippen molar-refractivity contribution in [3.63, 3.8) is 0 Å². The second kappa shape index (κ2) is 4.96. The van der Waals surface area contributed by atoms with E-state index in [2.05, 4.69) is 31.1 Å². The number of nitrogens with zero attached hydrogens (tertiary/aromatic N) is 3. The molecule has 4 rings (SSSR count). The summed E-state index contributed by atoms with van der Waals surface area (Å²) in [4.78, 5) is 13.0. The minimum atomic E-state index is 0.500. The topological polar surface area (TPSA) is 74.8 Å². The van der Waals surface area contributed by atoms with Gasteiger partial charge in [-0.1, -0.05) is 0 Å². The Kier molecular flexibility index (Phi) is 2.97. The van der Waals surface area contributed by atoms with E-state index in [1.807, 2.05) is 12.1 Å². The number of aromatic nitrogens is 3. The van der Waals surface area contributed by atoms with Gasteiger partial charge < -0.3 is 5.32 Å². The second-order valence-electron chi connectivity index (χ2n) is 5.64. The molecule has 3 atom stereocenters. The highest BCUT2D eigenvalue weighted by molar-refractivity contribution is 5.71.